The first-order chi connectivity index (χ1) is 31.3. The summed E-state index contributed by atoms with van der Waals surface area (Å²) in [6.45, 7) is 0. The summed E-state index contributed by atoms with van der Waals surface area (Å²) in [5.41, 5.74) is 12.9. The third-order valence-electron chi connectivity index (χ3n) is 12.5. The first-order valence-electron chi connectivity index (χ1n) is 21.3. The molecule has 0 saturated heterocycles. The van der Waals surface area contributed by atoms with Crippen molar-refractivity contribution in [3.05, 3.63) is 218 Å². The molecule has 4 heterocycles. The van der Waals surface area contributed by atoms with Crippen LogP contribution in [0.15, 0.2) is 218 Å². The number of hydrogen-bond donors (Lipinski definition) is 0. The molecule has 0 aliphatic rings. The van der Waals surface area contributed by atoms with E-state index in [1.165, 1.54) is 43.4 Å². The number of hydrogen-bond acceptors (Lipinski definition) is 3. The van der Waals surface area contributed by atoms with Crippen LogP contribution in [-0.2, 0) is 0 Å². The normalized spacial score (nSPS) is 11.8. The van der Waals surface area contributed by atoms with Crippen LogP contribution < -0.4 is 0 Å². The Bertz CT molecular complexity index is 3730. The summed E-state index contributed by atoms with van der Waals surface area (Å²) in [4.78, 5) is 15.0. The summed E-state index contributed by atoms with van der Waals surface area (Å²) >= 11 is 0. The second-order valence-electron chi connectivity index (χ2n) is 16.0. The topological polar surface area (TPSA) is 53.5 Å². The van der Waals surface area contributed by atoms with E-state index < -0.39 is 0 Å². The number of nitrogens with zero attached hydrogens (tertiary/aromatic N) is 6. The molecule has 9 aromatic carbocycles. The van der Waals surface area contributed by atoms with Crippen LogP contribution in [0.2, 0.25) is 0 Å². The minimum Gasteiger partial charge on any atom is -0.309 e. The smallest absolute Gasteiger partial charge is 0.164 e. The maximum absolute atomic E-state index is 5.04. The van der Waals surface area contributed by atoms with Gasteiger partial charge < -0.3 is 13.7 Å². The van der Waals surface area contributed by atoms with Gasteiger partial charge in [0, 0.05) is 60.4 Å². The van der Waals surface area contributed by atoms with E-state index >= 15 is 0 Å². The van der Waals surface area contributed by atoms with Crippen LogP contribution in [-0.4, -0.2) is 28.7 Å². The molecule has 0 spiro atoms. The molecule has 0 atom stereocenters. The first kappa shape index (κ1) is 35.2. The monoisotopic (exact) mass is 804 g/mol. The van der Waals surface area contributed by atoms with E-state index in [1.54, 1.807) is 0 Å². The van der Waals surface area contributed by atoms with Crippen LogP contribution in [0.5, 0.6) is 0 Å². The quantitative estimate of drug-likeness (QED) is 0.168. The molecular weight excluding hydrogens is 769 g/mol. The van der Waals surface area contributed by atoms with Crippen LogP contribution in [0.25, 0.3) is 117 Å². The first-order valence-corrected chi connectivity index (χ1v) is 21.3. The van der Waals surface area contributed by atoms with Crippen LogP contribution >= 0.6 is 0 Å². The summed E-state index contributed by atoms with van der Waals surface area (Å²) < 4.78 is 7.33. The Labute approximate surface area is 362 Å². The molecule has 63 heavy (non-hydrogen) atoms. The fourth-order valence-electron chi connectivity index (χ4n) is 9.71. The lowest BCUT2D eigenvalue weighted by Crippen LogP contribution is -2.03. The van der Waals surface area contributed by atoms with Crippen molar-refractivity contribution in [2.24, 2.45) is 0 Å². The molecule has 6 heteroatoms. The third kappa shape index (κ3) is 5.48. The summed E-state index contributed by atoms with van der Waals surface area (Å²) in [5.74, 6) is 1.90. The van der Waals surface area contributed by atoms with Crippen LogP contribution in [0.1, 0.15) is 0 Å². The number of fused-ring (bicyclic) bond motifs is 9. The zero-order valence-electron chi connectivity index (χ0n) is 34.0. The van der Waals surface area contributed by atoms with Gasteiger partial charge in [-0.15, -0.1) is 0 Å². The van der Waals surface area contributed by atoms with Gasteiger partial charge in [0.1, 0.15) is 0 Å². The Morgan fingerprint density at radius 2 is 0.603 bits per heavy atom. The average molecular weight is 805 g/mol. The second-order valence-corrected chi connectivity index (χ2v) is 16.0. The minimum atomic E-state index is 0.623. The van der Waals surface area contributed by atoms with Gasteiger partial charge in [-0.1, -0.05) is 152 Å². The Hall–Kier alpha value is -8.61. The maximum Gasteiger partial charge on any atom is 0.164 e. The van der Waals surface area contributed by atoms with Gasteiger partial charge in [0.05, 0.1) is 38.8 Å². The van der Waals surface area contributed by atoms with Crippen molar-refractivity contribution in [2.75, 3.05) is 0 Å². The largest absolute Gasteiger partial charge is 0.309 e. The highest BCUT2D eigenvalue weighted by atomic mass is 15.1. The Morgan fingerprint density at radius 1 is 0.254 bits per heavy atom. The van der Waals surface area contributed by atoms with E-state index in [0.717, 1.165) is 55.8 Å². The van der Waals surface area contributed by atoms with Crippen LogP contribution in [0, 0.1) is 0 Å². The predicted octanol–water partition coefficient (Wildman–Crippen LogP) is 14.2. The summed E-state index contributed by atoms with van der Waals surface area (Å²) in [6, 6.07) is 77.5. The fraction of sp³-hybridized carbons (Fsp3) is 0. The molecule has 0 fully saturated rings. The third-order valence-corrected chi connectivity index (χ3v) is 12.5. The van der Waals surface area contributed by atoms with Gasteiger partial charge in [0.15, 0.2) is 17.5 Å². The van der Waals surface area contributed by atoms with Crippen molar-refractivity contribution in [1.82, 2.24) is 28.7 Å². The van der Waals surface area contributed by atoms with Gasteiger partial charge in [-0.05, 0) is 66.7 Å². The number of para-hydroxylation sites is 5. The minimum absolute atomic E-state index is 0.623. The van der Waals surface area contributed by atoms with Crippen molar-refractivity contribution in [2.45, 2.75) is 0 Å². The van der Waals surface area contributed by atoms with Crippen molar-refractivity contribution in [1.29, 1.82) is 0 Å². The lowest BCUT2D eigenvalue weighted by molar-refractivity contribution is 1.07. The predicted molar refractivity (Wildman–Crippen MR) is 259 cm³/mol. The van der Waals surface area contributed by atoms with Gasteiger partial charge in [-0.25, -0.2) is 15.0 Å². The van der Waals surface area contributed by atoms with Crippen molar-refractivity contribution in [3.8, 4) is 51.2 Å². The fourth-order valence-corrected chi connectivity index (χ4v) is 9.71. The molecule has 13 aromatic rings. The summed E-state index contributed by atoms with van der Waals surface area (Å²) in [7, 11) is 0. The molecule has 0 aliphatic carbocycles. The van der Waals surface area contributed by atoms with Gasteiger partial charge in [0.2, 0.25) is 0 Å². The molecule has 0 aliphatic heterocycles. The van der Waals surface area contributed by atoms with Gasteiger partial charge in [0.25, 0.3) is 0 Å². The highest BCUT2D eigenvalue weighted by Crippen LogP contribution is 2.43. The van der Waals surface area contributed by atoms with Gasteiger partial charge in [-0.2, -0.15) is 0 Å². The van der Waals surface area contributed by atoms with Gasteiger partial charge in [-0.3, -0.25) is 0 Å². The van der Waals surface area contributed by atoms with E-state index in [9.17, 15) is 0 Å². The number of rotatable bonds is 6. The van der Waals surface area contributed by atoms with E-state index in [2.05, 4.69) is 171 Å². The van der Waals surface area contributed by atoms with Crippen molar-refractivity contribution in [3.63, 3.8) is 0 Å². The SMILES string of the molecule is c1ccc(-c2nc(-c3ccccc3)nc(-c3ccc(-n4c5ccccc5c5cc(-n6c7ccccc7c7ccccc76)cc(-n6c7ccccc7c7ccccc76)c54)cc3)n2)cc1. The van der Waals surface area contributed by atoms with E-state index in [0.29, 0.717) is 17.5 Å². The van der Waals surface area contributed by atoms with Crippen molar-refractivity contribution < 1.29 is 0 Å². The zero-order valence-corrected chi connectivity index (χ0v) is 34.0. The molecule has 6 nitrogen and oxygen atoms in total. The molecule has 294 valence electrons. The van der Waals surface area contributed by atoms with E-state index in [-0.39, 0.29) is 0 Å². The van der Waals surface area contributed by atoms with E-state index in [4.69, 9.17) is 15.0 Å². The highest BCUT2D eigenvalue weighted by molar-refractivity contribution is 6.16. The molecule has 0 N–H and O–H groups in total. The molecule has 4 aromatic heterocycles. The van der Waals surface area contributed by atoms with Crippen LogP contribution in [0.4, 0.5) is 0 Å². The number of benzene rings is 9. The Kier molecular flexibility index (Phi) is 7.80. The molecular formula is C57H36N6. The summed E-state index contributed by atoms with van der Waals surface area (Å²) in [5, 5.41) is 7.26. The molecule has 0 bridgehead atoms. The van der Waals surface area contributed by atoms with Crippen molar-refractivity contribution >= 4 is 65.4 Å². The standard InChI is InChI=1S/C57H36N6/c1-3-17-37(18-4-1)55-58-56(38-19-5-2-6-20-38)60-57(59-55)39-31-33-40(34-32-39)62-50-28-14-11-25-46(50)47-35-41(61-48-26-12-7-21-42(48)43-22-8-13-27-49(43)61)36-53(54(47)62)63-51-29-15-9-23-44(51)45-24-10-16-30-52(45)63/h1-36H. The molecule has 0 radical (unpaired) electrons. The molecule has 0 amide bonds. The highest BCUT2D eigenvalue weighted by Gasteiger charge is 2.23. The Balaban J connectivity index is 1.09. The van der Waals surface area contributed by atoms with Crippen LogP contribution in [0.3, 0.4) is 0 Å². The average Bonchev–Trinajstić information content (AvgIpc) is 4.00. The Morgan fingerprint density at radius 3 is 1.05 bits per heavy atom. The second kappa shape index (κ2) is 14.0. The molecule has 0 saturated carbocycles. The maximum atomic E-state index is 5.04. The molecule has 0 unspecified atom stereocenters. The summed E-state index contributed by atoms with van der Waals surface area (Å²) in [6.07, 6.45) is 0. The lowest BCUT2D eigenvalue weighted by atomic mass is 10.1. The van der Waals surface area contributed by atoms with E-state index in [1.807, 2.05) is 60.7 Å². The molecule has 13 rings (SSSR count). The van der Waals surface area contributed by atoms with Gasteiger partial charge >= 0.3 is 0 Å². The number of aromatic nitrogens is 6. The zero-order chi connectivity index (χ0) is 41.4. The lowest BCUT2D eigenvalue weighted by Gasteiger charge is -2.17.